The molecule has 28 heavy (non-hydrogen) atoms. The Hall–Kier alpha value is -2.42. The van der Waals surface area contributed by atoms with Crippen LogP contribution < -0.4 is 4.90 Å². The third-order valence-corrected chi connectivity index (χ3v) is 7.19. The van der Waals surface area contributed by atoms with E-state index in [0.29, 0.717) is 36.1 Å². The molecule has 0 bridgehead atoms. The van der Waals surface area contributed by atoms with Gasteiger partial charge in [0.25, 0.3) is 0 Å². The van der Waals surface area contributed by atoms with Crippen LogP contribution in [-0.4, -0.2) is 44.1 Å². The SMILES string of the molecule is Cc1ccc(S(=O)(=O)N2CC[NH+](Cc3cc(-c4ccco4)on3)CC2)c(C)c1. The highest BCUT2D eigenvalue weighted by atomic mass is 32.2. The van der Waals surface area contributed by atoms with Crippen molar-refractivity contribution in [1.29, 1.82) is 0 Å². The Morgan fingerprint density at radius 3 is 2.57 bits per heavy atom. The number of rotatable bonds is 5. The Bertz CT molecular complexity index is 1050. The number of furan rings is 1. The van der Waals surface area contributed by atoms with Crippen LogP contribution in [-0.2, 0) is 16.6 Å². The molecule has 1 aliphatic heterocycles. The maximum atomic E-state index is 13.0. The fraction of sp³-hybridized carbons (Fsp3) is 0.350. The molecule has 1 fully saturated rings. The van der Waals surface area contributed by atoms with Gasteiger partial charge in [0.1, 0.15) is 12.2 Å². The Kier molecular flexibility index (Phi) is 5.09. The first-order valence-corrected chi connectivity index (χ1v) is 10.8. The van der Waals surface area contributed by atoms with Crippen LogP contribution in [0.1, 0.15) is 16.8 Å². The highest BCUT2D eigenvalue weighted by molar-refractivity contribution is 7.89. The van der Waals surface area contributed by atoms with E-state index in [9.17, 15) is 8.42 Å². The molecule has 8 heteroatoms. The summed E-state index contributed by atoms with van der Waals surface area (Å²) in [6.07, 6.45) is 1.60. The van der Waals surface area contributed by atoms with Gasteiger partial charge in [0.15, 0.2) is 5.76 Å². The van der Waals surface area contributed by atoms with E-state index in [0.717, 1.165) is 29.9 Å². The van der Waals surface area contributed by atoms with Crippen molar-refractivity contribution in [2.75, 3.05) is 26.2 Å². The van der Waals surface area contributed by atoms with Crippen molar-refractivity contribution in [3.8, 4) is 11.5 Å². The number of benzene rings is 1. The zero-order valence-electron chi connectivity index (χ0n) is 16.0. The van der Waals surface area contributed by atoms with Crippen LogP contribution in [0.4, 0.5) is 0 Å². The lowest BCUT2D eigenvalue weighted by molar-refractivity contribution is -0.917. The molecule has 148 valence electrons. The first kappa shape index (κ1) is 18.9. The average molecular weight is 402 g/mol. The molecule has 3 aromatic rings. The minimum absolute atomic E-state index is 0.404. The summed E-state index contributed by atoms with van der Waals surface area (Å²) in [6.45, 7) is 6.96. The molecule has 0 radical (unpaired) electrons. The number of aryl methyl sites for hydroxylation is 2. The molecule has 0 saturated carbocycles. The maximum Gasteiger partial charge on any atom is 0.243 e. The van der Waals surface area contributed by atoms with E-state index in [1.807, 2.05) is 38.1 Å². The average Bonchev–Trinajstić information content (AvgIpc) is 3.33. The molecular formula is C20H24N3O4S+. The summed E-state index contributed by atoms with van der Waals surface area (Å²) in [5.74, 6) is 1.26. The normalized spacial score (nSPS) is 16.5. The van der Waals surface area contributed by atoms with Gasteiger partial charge in [-0.2, -0.15) is 4.31 Å². The molecular weight excluding hydrogens is 378 g/mol. The molecule has 0 unspecified atom stereocenters. The molecule has 0 spiro atoms. The fourth-order valence-electron chi connectivity index (χ4n) is 3.63. The van der Waals surface area contributed by atoms with Gasteiger partial charge in [-0.05, 0) is 37.6 Å². The van der Waals surface area contributed by atoms with Crippen molar-refractivity contribution in [2.45, 2.75) is 25.3 Å². The van der Waals surface area contributed by atoms with E-state index in [1.54, 1.807) is 22.7 Å². The van der Waals surface area contributed by atoms with Crippen molar-refractivity contribution >= 4 is 10.0 Å². The summed E-state index contributed by atoms with van der Waals surface area (Å²) in [6, 6.07) is 11.0. The van der Waals surface area contributed by atoms with Crippen LogP contribution in [0.5, 0.6) is 0 Å². The largest absolute Gasteiger partial charge is 0.461 e. The first-order chi connectivity index (χ1) is 13.4. The third kappa shape index (κ3) is 3.76. The molecule has 1 N–H and O–H groups in total. The number of nitrogens with zero attached hydrogens (tertiary/aromatic N) is 2. The number of aromatic nitrogens is 1. The van der Waals surface area contributed by atoms with Crippen LogP contribution in [0.15, 0.2) is 56.5 Å². The fourth-order valence-corrected chi connectivity index (χ4v) is 5.28. The van der Waals surface area contributed by atoms with Crippen LogP contribution in [0.3, 0.4) is 0 Å². The Morgan fingerprint density at radius 2 is 1.89 bits per heavy atom. The van der Waals surface area contributed by atoms with Crippen LogP contribution in [0, 0.1) is 13.8 Å². The van der Waals surface area contributed by atoms with E-state index in [2.05, 4.69) is 5.16 Å². The monoisotopic (exact) mass is 402 g/mol. The van der Waals surface area contributed by atoms with Gasteiger partial charge in [-0.25, -0.2) is 8.42 Å². The van der Waals surface area contributed by atoms with Gasteiger partial charge in [0, 0.05) is 6.07 Å². The van der Waals surface area contributed by atoms with Gasteiger partial charge in [-0.15, -0.1) is 0 Å². The molecule has 0 aliphatic carbocycles. The Morgan fingerprint density at radius 1 is 1.11 bits per heavy atom. The number of quaternary nitrogens is 1. The summed E-state index contributed by atoms with van der Waals surface area (Å²) in [4.78, 5) is 1.69. The van der Waals surface area contributed by atoms with E-state index < -0.39 is 10.0 Å². The van der Waals surface area contributed by atoms with Crippen molar-refractivity contribution in [2.24, 2.45) is 0 Å². The van der Waals surface area contributed by atoms with Crippen molar-refractivity contribution in [3.63, 3.8) is 0 Å². The van der Waals surface area contributed by atoms with Gasteiger partial charge in [0.05, 0.1) is 37.3 Å². The lowest BCUT2D eigenvalue weighted by atomic mass is 10.2. The van der Waals surface area contributed by atoms with Crippen LogP contribution in [0.2, 0.25) is 0 Å². The lowest BCUT2D eigenvalue weighted by Gasteiger charge is -2.31. The number of nitrogens with one attached hydrogen (secondary N) is 1. The second kappa shape index (κ2) is 7.54. The van der Waals surface area contributed by atoms with Crippen molar-refractivity contribution < 1.29 is 22.3 Å². The Balaban J connectivity index is 1.39. The highest BCUT2D eigenvalue weighted by Crippen LogP contribution is 2.22. The summed E-state index contributed by atoms with van der Waals surface area (Å²) >= 11 is 0. The molecule has 1 saturated heterocycles. The highest BCUT2D eigenvalue weighted by Gasteiger charge is 2.31. The standard InChI is InChI=1S/C20H23N3O4S/c1-15-5-6-20(16(2)12-15)28(24,25)23-9-7-22(8-10-23)14-17-13-19(27-21-17)18-4-3-11-26-18/h3-6,11-13H,7-10,14H2,1-2H3/p+1. The predicted molar refractivity (Wildman–Crippen MR) is 103 cm³/mol. The second-order valence-corrected chi connectivity index (χ2v) is 9.17. The molecule has 0 amide bonds. The predicted octanol–water partition coefficient (Wildman–Crippen LogP) is 1.64. The van der Waals surface area contributed by atoms with Crippen molar-refractivity contribution in [3.05, 3.63) is 59.5 Å². The smallest absolute Gasteiger partial charge is 0.243 e. The lowest BCUT2D eigenvalue weighted by Crippen LogP contribution is -3.13. The number of sulfonamides is 1. The topological polar surface area (TPSA) is 81.0 Å². The quantitative estimate of drug-likeness (QED) is 0.702. The van der Waals surface area contributed by atoms with E-state index >= 15 is 0 Å². The summed E-state index contributed by atoms with van der Waals surface area (Å²) in [5.41, 5.74) is 2.70. The van der Waals surface area contributed by atoms with Crippen LogP contribution >= 0.6 is 0 Å². The summed E-state index contributed by atoms with van der Waals surface area (Å²) in [5, 5.41) is 4.11. The van der Waals surface area contributed by atoms with E-state index in [4.69, 9.17) is 8.94 Å². The van der Waals surface area contributed by atoms with Crippen LogP contribution in [0.25, 0.3) is 11.5 Å². The van der Waals surface area contributed by atoms with Crippen molar-refractivity contribution in [1.82, 2.24) is 9.46 Å². The molecule has 1 aromatic carbocycles. The molecule has 4 rings (SSSR count). The second-order valence-electron chi connectivity index (χ2n) is 7.26. The molecule has 1 aliphatic rings. The van der Waals surface area contributed by atoms with E-state index in [1.165, 1.54) is 4.90 Å². The van der Waals surface area contributed by atoms with Gasteiger partial charge < -0.3 is 13.8 Å². The van der Waals surface area contributed by atoms with Gasteiger partial charge in [-0.1, -0.05) is 22.9 Å². The number of hydrogen-bond acceptors (Lipinski definition) is 5. The molecule has 0 atom stereocenters. The molecule has 2 aromatic heterocycles. The first-order valence-electron chi connectivity index (χ1n) is 9.34. The zero-order chi connectivity index (χ0) is 19.7. The minimum atomic E-state index is -3.46. The summed E-state index contributed by atoms with van der Waals surface area (Å²) in [7, 11) is -3.46. The van der Waals surface area contributed by atoms with Gasteiger partial charge >= 0.3 is 0 Å². The Labute approximate surface area is 164 Å². The minimum Gasteiger partial charge on any atom is -0.461 e. The number of hydrogen-bond donors (Lipinski definition) is 1. The van der Waals surface area contributed by atoms with Gasteiger partial charge in [0.2, 0.25) is 15.8 Å². The number of piperazine rings is 1. The third-order valence-electron chi connectivity index (χ3n) is 5.13. The zero-order valence-corrected chi connectivity index (χ0v) is 16.8. The van der Waals surface area contributed by atoms with Gasteiger partial charge in [-0.3, -0.25) is 0 Å². The maximum absolute atomic E-state index is 13.0. The molecule has 7 nitrogen and oxygen atoms in total. The molecule has 3 heterocycles. The summed E-state index contributed by atoms with van der Waals surface area (Å²) < 4.78 is 38.2. The van der Waals surface area contributed by atoms with E-state index in [-0.39, 0.29) is 0 Å².